The maximum Gasteiger partial charge on any atom is 0.260 e. The zero-order valence-electron chi connectivity index (χ0n) is 19.0. The van der Waals surface area contributed by atoms with Crippen molar-refractivity contribution in [2.45, 2.75) is 13.8 Å². The number of thiazole rings is 1. The Morgan fingerprint density at radius 1 is 1.03 bits per heavy atom. The number of hydrogen-bond acceptors (Lipinski definition) is 7. The zero-order valence-corrected chi connectivity index (χ0v) is 20.5. The van der Waals surface area contributed by atoms with Crippen molar-refractivity contribution in [2.24, 2.45) is 0 Å². The van der Waals surface area contributed by atoms with Crippen LogP contribution in [0.1, 0.15) is 24.2 Å². The summed E-state index contributed by atoms with van der Waals surface area (Å²) in [7, 11) is 5.52. The van der Waals surface area contributed by atoms with Crippen LogP contribution in [0.2, 0.25) is 5.02 Å². The van der Waals surface area contributed by atoms with Crippen molar-refractivity contribution in [3.63, 3.8) is 0 Å². The average Bonchev–Trinajstić information content (AvgIpc) is 3.21. The van der Waals surface area contributed by atoms with Gasteiger partial charge in [-0.25, -0.2) is 4.98 Å². The van der Waals surface area contributed by atoms with E-state index in [1.807, 2.05) is 32.8 Å². The molecule has 0 radical (unpaired) electrons. The number of methoxy groups -OCH3 is 1. The van der Waals surface area contributed by atoms with Crippen LogP contribution in [-0.4, -0.2) is 63.3 Å². The summed E-state index contributed by atoms with van der Waals surface area (Å²) < 4.78 is 17.6. The number of hydrogen-bond donors (Lipinski definition) is 0. The lowest BCUT2D eigenvalue weighted by molar-refractivity contribution is 0.0984. The minimum absolute atomic E-state index is 0.176. The van der Waals surface area contributed by atoms with Crippen molar-refractivity contribution in [3.8, 4) is 17.2 Å². The molecule has 1 amide bonds. The Balaban J connectivity index is 2.04. The number of anilines is 1. The SMILES string of the molecule is CCOc1ccc(C(=O)N(CCN(C)C)c2nc3c(OC)ccc(Cl)c3s2)cc1OCC. The summed E-state index contributed by atoms with van der Waals surface area (Å²) >= 11 is 7.77. The molecule has 1 aromatic heterocycles. The van der Waals surface area contributed by atoms with Crippen LogP contribution in [-0.2, 0) is 0 Å². The van der Waals surface area contributed by atoms with Crippen molar-refractivity contribution >= 4 is 44.2 Å². The van der Waals surface area contributed by atoms with Crippen LogP contribution in [0.3, 0.4) is 0 Å². The summed E-state index contributed by atoms with van der Waals surface area (Å²) in [5.41, 5.74) is 1.14. The molecule has 7 nitrogen and oxygen atoms in total. The lowest BCUT2D eigenvalue weighted by Gasteiger charge is -2.22. The van der Waals surface area contributed by atoms with E-state index in [9.17, 15) is 4.79 Å². The van der Waals surface area contributed by atoms with E-state index in [1.165, 1.54) is 11.3 Å². The van der Waals surface area contributed by atoms with Gasteiger partial charge in [-0.2, -0.15) is 0 Å². The van der Waals surface area contributed by atoms with Crippen LogP contribution in [0.15, 0.2) is 30.3 Å². The Morgan fingerprint density at radius 3 is 2.38 bits per heavy atom. The van der Waals surface area contributed by atoms with Crippen LogP contribution in [0, 0.1) is 0 Å². The average molecular weight is 478 g/mol. The number of ether oxygens (including phenoxy) is 3. The molecule has 172 valence electrons. The van der Waals surface area contributed by atoms with Gasteiger partial charge in [0.1, 0.15) is 11.3 Å². The number of carbonyl (C=O) groups excluding carboxylic acids is 1. The highest BCUT2D eigenvalue weighted by Gasteiger charge is 2.24. The lowest BCUT2D eigenvalue weighted by atomic mass is 10.1. The highest BCUT2D eigenvalue weighted by Crippen LogP contribution is 2.39. The number of halogens is 1. The first kappa shape index (κ1) is 24.1. The van der Waals surface area contributed by atoms with E-state index < -0.39 is 0 Å². The maximum absolute atomic E-state index is 13.6. The summed E-state index contributed by atoms with van der Waals surface area (Å²) in [6, 6.07) is 8.79. The molecule has 32 heavy (non-hydrogen) atoms. The van der Waals surface area contributed by atoms with Crippen molar-refractivity contribution in [1.29, 1.82) is 0 Å². The predicted octanol–water partition coefficient (Wildman–Crippen LogP) is 4.96. The monoisotopic (exact) mass is 477 g/mol. The Morgan fingerprint density at radius 2 is 1.72 bits per heavy atom. The van der Waals surface area contributed by atoms with Crippen LogP contribution < -0.4 is 19.1 Å². The third-order valence-corrected chi connectivity index (χ3v) is 6.24. The molecular weight excluding hydrogens is 450 g/mol. The third-order valence-electron chi connectivity index (χ3n) is 4.70. The number of aromatic nitrogens is 1. The summed E-state index contributed by atoms with van der Waals surface area (Å²) in [5.74, 6) is 1.60. The van der Waals surface area contributed by atoms with Crippen molar-refractivity contribution < 1.29 is 19.0 Å². The normalized spacial score (nSPS) is 11.1. The smallest absolute Gasteiger partial charge is 0.260 e. The van der Waals surface area contributed by atoms with Gasteiger partial charge in [-0.3, -0.25) is 9.69 Å². The minimum atomic E-state index is -0.176. The molecule has 3 aromatic rings. The van der Waals surface area contributed by atoms with Gasteiger partial charge in [0, 0.05) is 18.7 Å². The van der Waals surface area contributed by atoms with Crippen molar-refractivity contribution in [3.05, 3.63) is 40.9 Å². The fraction of sp³-hybridized carbons (Fsp3) is 0.391. The van der Waals surface area contributed by atoms with Gasteiger partial charge in [-0.1, -0.05) is 22.9 Å². The van der Waals surface area contributed by atoms with E-state index >= 15 is 0 Å². The standard InChI is InChI=1S/C23H28ClN3O4S/c1-6-30-17-10-8-15(14-19(17)31-7-2)22(28)27(13-12-26(3)4)23-25-20-18(29-5)11-9-16(24)21(20)32-23/h8-11,14H,6-7,12-13H2,1-5H3. The molecule has 0 aliphatic rings. The first-order valence-electron chi connectivity index (χ1n) is 10.4. The highest BCUT2D eigenvalue weighted by atomic mass is 35.5. The Hall–Kier alpha value is -2.55. The van der Waals surface area contributed by atoms with Crippen molar-refractivity contribution in [2.75, 3.05) is 52.4 Å². The highest BCUT2D eigenvalue weighted by molar-refractivity contribution is 7.23. The zero-order chi connectivity index (χ0) is 23.3. The van der Waals surface area contributed by atoms with Crippen LogP contribution in [0.5, 0.6) is 17.2 Å². The van der Waals surface area contributed by atoms with E-state index in [2.05, 4.69) is 0 Å². The van der Waals surface area contributed by atoms with Gasteiger partial charge in [0.15, 0.2) is 16.6 Å². The minimum Gasteiger partial charge on any atom is -0.494 e. The van der Waals surface area contributed by atoms with Gasteiger partial charge in [0.2, 0.25) is 0 Å². The van der Waals surface area contributed by atoms with Crippen LogP contribution in [0.4, 0.5) is 5.13 Å². The topological polar surface area (TPSA) is 64.1 Å². The second kappa shape index (κ2) is 10.8. The number of amides is 1. The van der Waals surface area contributed by atoms with Gasteiger partial charge >= 0.3 is 0 Å². The largest absolute Gasteiger partial charge is 0.494 e. The lowest BCUT2D eigenvalue weighted by Crippen LogP contribution is -2.36. The van der Waals surface area contributed by atoms with Crippen LogP contribution >= 0.6 is 22.9 Å². The van der Waals surface area contributed by atoms with Gasteiger partial charge in [-0.15, -0.1) is 0 Å². The predicted molar refractivity (Wildman–Crippen MR) is 130 cm³/mol. The Kier molecular flexibility index (Phi) is 8.17. The van der Waals surface area contributed by atoms with Gasteiger partial charge < -0.3 is 19.1 Å². The molecule has 0 saturated carbocycles. The molecule has 9 heteroatoms. The summed E-state index contributed by atoms with van der Waals surface area (Å²) in [6.07, 6.45) is 0. The molecular formula is C23H28ClN3O4S. The second-order valence-electron chi connectivity index (χ2n) is 7.21. The summed E-state index contributed by atoms with van der Waals surface area (Å²) in [5, 5.41) is 1.13. The molecule has 0 aliphatic heterocycles. The van der Waals surface area contributed by atoms with Crippen LogP contribution in [0.25, 0.3) is 10.2 Å². The fourth-order valence-corrected chi connectivity index (χ4v) is 4.43. The van der Waals surface area contributed by atoms with E-state index in [0.717, 1.165) is 4.70 Å². The molecule has 3 rings (SSSR count). The van der Waals surface area contributed by atoms with E-state index in [-0.39, 0.29) is 5.91 Å². The molecule has 0 spiro atoms. The first-order valence-corrected chi connectivity index (χ1v) is 11.6. The maximum atomic E-state index is 13.6. The Bertz CT molecular complexity index is 1090. The quantitative estimate of drug-likeness (QED) is 0.411. The number of benzene rings is 2. The van der Waals surface area contributed by atoms with Gasteiger partial charge in [-0.05, 0) is 58.3 Å². The van der Waals surface area contributed by atoms with Gasteiger partial charge in [0.25, 0.3) is 5.91 Å². The molecule has 2 aromatic carbocycles. The third kappa shape index (κ3) is 5.26. The molecule has 0 bridgehead atoms. The van der Waals surface area contributed by atoms with E-state index in [0.29, 0.717) is 64.8 Å². The number of fused-ring (bicyclic) bond motifs is 1. The number of likely N-dealkylation sites (N-methyl/N-ethyl adjacent to an activating group) is 1. The molecule has 0 atom stereocenters. The second-order valence-corrected chi connectivity index (χ2v) is 8.60. The van der Waals surface area contributed by atoms with E-state index in [1.54, 1.807) is 42.3 Å². The number of rotatable bonds is 10. The molecule has 0 saturated heterocycles. The van der Waals surface area contributed by atoms with Gasteiger partial charge in [0.05, 0.1) is 30.0 Å². The fourth-order valence-electron chi connectivity index (χ4n) is 3.15. The molecule has 0 fully saturated rings. The van der Waals surface area contributed by atoms with Crippen molar-refractivity contribution in [1.82, 2.24) is 9.88 Å². The number of nitrogens with zero attached hydrogens (tertiary/aromatic N) is 3. The molecule has 0 aliphatic carbocycles. The molecule has 0 unspecified atom stereocenters. The number of carbonyl (C=O) groups is 1. The summed E-state index contributed by atoms with van der Waals surface area (Å²) in [6.45, 7) is 5.91. The Labute approximate surface area is 197 Å². The van der Waals surface area contributed by atoms with E-state index in [4.69, 9.17) is 30.8 Å². The molecule has 0 N–H and O–H groups in total. The summed E-state index contributed by atoms with van der Waals surface area (Å²) in [4.78, 5) is 22.0. The molecule has 1 heterocycles. The first-order chi connectivity index (χ1) is 15.4.